The largest absolute Gasteiger partial charge is 0.378 e. The second kappa shape index (κ2) is 10.2. The fraction of sp³-hybridized carbons (Fsp3) is 0.357. The number of hydrogen-bond acceptors (Lipinski definition) is 4. The quantitative estimate of drug-likeness (QED) is 0.467. The topological polar surface area (TPSA) is 43.9 Å². The van der Waals surface area contributed by atoms with Gasteiger partial charge in [0.1, 0.15) is 0 Å². The minimum absolute atomic E-state index is 0.0697. The number of benzene rings is 3. The Balaban J connectivity index is 1.54. The third kappa shape index (κ3) is 5.29. The summed E-state index contributed by atoms with van der Waals surface area (Å²) in [6, 6.07) is 23.7. The highest BCUT2D eigenvalue weighted by atomic mass is 32.2. The molecule has 3 aromatic carbocycles. The van der Waals surface area contributed by atoms with Crippen LogP contribution in [0.1, 0.15) is 29.5 Å². The summed E-state index contributed by atoms with van der Waals surface area (Å²) in [5.74, 6) is 0. The molecule has 0 unspecified atom stereocenters. The molecule has 0 amide bonds. The highest BCUT2D eigenvalue weighted by molar-refractivity contribution is 7.93. The highest BCUT2D eigenvalue weighted by Gasteiger charge is 2.34. The minimum atomic E-state index is -3.68. The molecule has 1 aliphatic heterocycles. The van der Waals surface area contributed by atoms with Gasteiger partial charge in [-0.05, 0) is 68.1 Å². The van der Waals surface area contributed by atoms with Crippen LogP contribution in [0.2, 0.25) is 0 Å². The van der Waals surface area contributed by atoms with Crippen molar-refractivity contribution in [3.8, 4) is 0 Å². The molecule has 0 spiro atoms. The van der Waals surface area contributed by atoms with Gasteiger partial charge in [0.2, 0.25) is 0 Å². The van der Waals surface area contributed by atoms with Gasteiger partial charge in [0.25, 0.3) is 10.0 Å². The lowest BCUT2D eigenvalue weighted by Gasteiger charge is -2.39. The van der Waals surface area contributed by atoms with Crippen molar-refractivity contribution in [3.63, 3.8) is 0 Å². The van der Waals surface area contributed by atoms with E-state index >= 15 is 0 Å². The molecule has 3 aromatic rings. The van der Waals surface area contributed by atoms with Gasteiger partial charge in [-0.1, -0.05) is 48.0 Å². The van der Waals surface area contributed by atoms with E-state index in [1.165, 1.54) is 11.3 Å². The predicted octanol–water partition coefficient (Wildman–Crippen LogP) is 5.23. The van der Waals surface area contributed by atoms with Crippen molar-refractivity contribution in [3.05, 3.63) is 89.5 Å². The van der Waals surface area contributed by atoms with E-state index in [9.17, 15) is 8.42 Å². The Morgan fingerprint density at radius 2 is 1.41 bits per heavy atom. The summed E-state index contributed by atoms with van der Waals surface area (Å²) in [6.45, 7) is 6.50. The minimum Gasteiger partial charge on any atom is -0.378 e. The molecule has 1 saturated heterocycles. The summed E-state index contributed by atoms with van der Waals surface area (Å²) in [7, 11) is 0.416. The molecule has 1 fully saturated rings. The van der Waals surface area contributed by atoms with Gasteiger partial charge < -0.3 is 4.90 Å². The van der Waals surface area contributed by atoms with Gasteiger partial charge in [-0.2, -0.15) is 0 Å². The number of rotatable bonds is 7. The maximum absolute atomic E-state index is 13.9. The summed E-state index contributed by atoms with van der Waals surface area (Å²) in [4.78, 5) is 4.91. The maximum atomic E-state index is 13.9. The van der Waals surface area contributed by atoms with Crippen molar-refractivity contribution in [1.29, 1.82) is 0 Å². The van der Waals surface area contributed by atoms with Crippen LogP contribution in [0.4, 0.5) is 11.4 Å². The molecular formula is C28H35N3O2S. The van der Waals surface area contributed by atoms with Gasteiger partial charge >= 0.3 is 0 Å². The van der Waals surface area contributed by atoms with Crippen LogP contribution in [0.5, 0.6) is 0 Å². The van der Waals surface area contributed by atoms with Crippen LogP contribution in [0.25, 0.3) is 0 Å². The third-order valence-corrected chi connectivity index (χ3v) is 8.71. The number of anilines is 2. The molecule has 0 atom stereocenters. The van der Waals surface area contributed by atoms with Crippen LogP contribution >= 0.6 is 0 Å². The van der Waals surface area contributed by atoms with E-state index in [-0.39, 0.29) is 6.04 Å². The molecule has 180 valence electrons. The Morgan fingerprint density at radius 3 is 2.00 bits per heavy atom. The van der Waals surface area contributed by atoms with Crippen molar-refractivity contribution in [2.75, 3.05) is 36.4 Å². The van der Waals surface area contributed by atoms with E-state index < -0.39 is 10.0 Å². The molecule has 6 heteroatoms. The normalized spacial score (nSPS) is 15.3. The van der Waals surface area contributed by atoms with Crippen LogP contribution in [0, 0.1) is 13.8 Å². The SMILES string of the molecule is Cc1ccc(N(C2CCN(Cc3ccc(N(C)C)cc3)CC2)S(=O)(=O)c2ccccc2C)cc1. The standard InChI is InChI=1S/C28H35N3O2S/c1-22-9-13-26(14-10-22)31(34(32,33)28-8-6-5-7-23(28)2)27-17-19-30(20-18-27)21-24-11-15-25(16-12-24)29(3)4/h5-16,27H,17-21H2,1-4H3. The summed E-state index contributed by atoms with van der Waals surface area (Å²) in [5, 5.41) is 0. The van der Waals surface area contributed by atoms with Crippen LogP contribution < -0.4 is 9.21 Å². The average Bonchev–Trinajstić information content (AvgIpc) is 2.82. The lowest BCUT2D eigenvalue weighted by Crippen LogP contribution is -2.47. The van der Waals surface area contributed by atoms with Crippen molar-refractivity contribution < 1.29 is 8.42 Å². The van der Waals surface area contributed by atoms with Crippen molar-refractivity contribution in [2.24, 2.45) is 0 Å². The van der Waals surface area contributed by atoms with Crippen LogP contribution in [0.3, 0.4) is 0 Å². The third-order valence-electron chi connectivity index (χ3n) is 6.67. The van der Waals surface area contributed by atoms with Crippen molar-refractivity contribution in [2.45, 2.75) is 44.2 Å². The molecule has 0 saturated carbocycles. The first kappa shape index (κ1) is 24.3. The number of hydrogen-bond donors (Lipinski definition) is 0. The van der Waals surface area contributed by atoms with Gasteiger partial charge in [-0.25, -0.2) is 8.42 Å². The summed E-state index contributed by atoms with van der Waals surface area (Å²) in [6.07, 6.45) is 1.60. The van der Waals surface area contributed by atoms with E-state index in [2.05, 4.69) is 34.1 Å². The van der Waals surface area contributed by atoms with Crippen molar-refractivity contribution >= 4 is 21.4 Å². The molecular weight excluding hydrogens is 442 g/mol. The molecule has 0 radical (unpaired) electrons. The number of likely N-dealkylation sites (tertiary alicyclic amines) is 1. The second-order valence-corrected chi connectivity index (χ2v) is 11.3. The zero-order valence-electron chi connectivity index (χ0n) is 20.6. The number of nitrogens with zero attached hydrogens (tertiary/aromatic N) is 3. The Bertz CT molecular complexity index is 1200. The van der Waals surface area contributed by atoms with E-state index in [1.807, 2.05) is 64.3 Å². The second-order valence-electron chi connectivity index (χ2n) is 9.47. The molecule has 1 aliphatic rings. The predicted molar refractivity (Wildman–Crippen MR) is 141 cm³/mol. The number of piperidine rings is 1. The smallest absolute Gasteiger partial charge is 0.264 e. The van der Waals surface area contributed by atoms with Crippen LogP contribution in [0.15, 0.2) is 77.7 Å². The highest BCUT2D eigenvalue weighted by Crippen LogP contribution is 2.32. The Morgan fingerprint density at radius 1 is 0.824 bits per heavy atom. The fourth-order valence-electron chi connectivity index (χ4n) is 4.66. The monoisotopic (exact) mass is 477 g/mol. The average molecular weight is 478 g/mol. The Kier molecular flexibility index (Phi) is 7.29. The first-order valence-electron chi connectivity index (χ1n) is 11.9. The first-order chi connectivity index (χ1) is 16.3. The molecule has 0 N–H and O–H groups in total. The van der Waals surface area contributed by atoms with E-state index in [1.54, 1.807) is 16.4 Å². The van der Waals surface area contributed by atoms with Crippen LogP contribution in [-0.2, 0) is 16.6 Å². The maximum Gasteiger partial charge on any atom is 0.264 e. The first-order valence-corrected chi connectivity index (χ1v) is 13.3. The lowest BCUT2D eigenvalue weighted by atomic mass is 10.0. The summed E-state index contributed by atoms with van der Waals surface area (Å²) < 4.78 is 29.5. The summed E-state index contributed by atoms with van der Waals surface area (Å²) >= 11 is 0. The van der Waals surface area contributed by atoms with Gasteiger partial charge in [-0.15, -0.1) is 0 Å². The van der Waals surface area contributed by atoms with E-state index in [0.717, 1.165) is 49.3 Å². The van der Waals surface area contributed by atoms with Crippen molar-refractivity contribution in [1.82, 2.24) is 4.90 Å². The zero-order valence-corrected chi connectivity index (χ0v) is 21.4. The molecule has 4 rings (SSSR count). The number of aryl methyl sites for hydroxylation is 2. The van der Waals surface area contributed by atoms with Gasteiger partial charge in [0, 0.05) is 45.5 Å². The van der Waals surface area contributed by atoms with Gasteiger partial charge in [0.05, 0.1) is 10.6 Å². The molecule has 0 aliphatic carbocycles. The molecule has 34 heavy (non-hydrogen) atoms. The number of sulfonamides is 1. The van der Waals surface area contributed by atoms with Gasteiger partial charge in [-0.3, -0.25) is 9.21 Å². The molecule has 5 nitrogen and oxygen atoms in total. The molecule has 0 bridgehead atoms. The molecule has 1 heterocycles. The van der Waals surface area contributed by atoms with E-state index in [4.69, 9.17) is 0 Å². The molecule has 0 aromatic heterocycles. The van der Waals surface area contributed by atoms with Crippen LogP contribution in [-0.4, -0.2) is 46.5 Å². The Labute approximate surface area is 204 Å². The van der Waals surface area contributed by atoms with Gasteiger partial charge in [0.15, 0.2) is 0 Å². The summed E-state index contributed by atoms with van der Waals surface area (Å²) in [5.41, 5.74) is 5.11. The van der Waals surface area contributed by atoms with E-state index in [0.29, 0.717) is 4.90 Å². The lowest BCUT2D eigenvalue weighted by molar-refractivity contribution is 0.206. The Hall–Kier alpha value is -2.83. The fourth-order valence-corrected chi connectivity index (χ4v) is 6.60. The zero-order chi connectivity index (χ0) is 24.3.